The predicted octanol–water partition coefficient (Wildman–Crippen LogP) is 3.36. The molecule has 3 aromatic rings. The Balaban J connectivity index is 1.47. The van der Waals surface area contributed by atoms with Crippen molar-refractivity contribution in [2.75, 3.05) is 12.0 Å². The van der Waals surface area contributed by atoms with Crippen molar-refractivity contribution >= 4 is 35.2 Å². The van der Waals surface area contributed by atoms with E-state index in [-0.39, 0.29) is 17.2 Å². The average molecular weight is 496 g/mol. The van der Waals surface area contributed by atoms with Gasteiger partial charge >= 0.3 is 0 Å². The lowest BCUT2D eigenvalue weighted by atomic mass is 9.83. The number of hydrogen-bond acceptors (Lipinski definition) is 8. The van der Waals surface area contributed by atoms with Gasteiger partial charge in [-0.1, -0.05) is 30.3 Å². The van der Waals surface area contributed by atoms with Crippen molar-refractivity contribution in [1.82, 2.24) is 5.01 Å². The van der Waals surface area contributed by atoms with Gasteiger partial charge in [0.15, 0.2) is 5.78 Å². The first-order valence-corrected chi connectivity index (χ1v) is 11.6. The molecule has 3 aliphatic heterocycles. The zero-order valence-electron chi connectivity index (χ0n) is 19.6. The Labute approximate surface area is 210 Å². The molecule has 0 aliphatic carbocycles. The second-order valence-electron chi connectivity index (χ2n) is 9.08. The fourth-order valence-electron chi connectivity index (χ4n) is 5.59. The number of methoxy groups -OCH3 is 1. The maximum atomic E-state index is 13.9. The van der Waals surface area contributed by atoms with Crippen LogP contribution in [0.4, 0.5) is 11.4 Å². The molecule has 4 atom stereocenters. The summed E-state index contributed by atoms with van der Waals surface area (Å²) in [5, 5.41) is 17.4. The number of benzene rings is 3. The van der Waals surface area contributed by atoms with Crippen LogP contribution in [-0.4, -0.2) is 46.9 Å². The number of non-ortho nitro benzene ring substituents is 1. The van der Waals surface area contributed by atoms with Crippen LogP contribution in [0, 0.1) is 22.0 Å². The number of ether oxygens (including phenoxy) is 1. The highest BCUT2D eigenvalue weighted by Crippen LogP contribution is 2.53. The van der Waals surface area contributed by atoms with Gasteiger partial charge in [-0.25, -0.2) is 4.90 Å². The van der Waals surface area contributed by atoms with E-state index in [1.165, 1.54) is 31.4 Å². The van der Waals surface area contributed by atoms with E-state index in [0.29, 0.717) is 11.3 Å². The molecule has 2 amide bonds. The molecule has 0 aromatic heterocycles. The van der Waals surface area contributed by atoms with E-state index in [4.69, 9.17) is 4.74 Å². The molecule has 0 unspecified atom stereocenters. The van der Waals surface area contributed by atoms with Gasteiger partial charge in [0.05, 0.1) is 41.8 Å². The zero-order valence-corrected chi connectivity index (χ0v) is 19.6. The fourth-order valence-corrected chi connectivity index (χ4v) is 5.59. The third-order valence-corrected chi connectivity index (χ3v) is 7.24. The summed E-state index contributed by atoms with van der Waals surface area (Å²) in [6.07, 6.45) is 1.63. The van der Waals surface area contributed by atoms with Crippen molar-refractivity contribution in [3.05, 3.63) is 99.6 Å². The minimum atomic E-state index is -1.03. The van der Waals surface area contributed by atoms with Crippen molar-refractivity contribution in [1.29, 1.82) is 0 Å². The first-order valence-electron chi connectivity index (χ1n) is 11.6. The molecule has 0 radical (unpaired) electrons. The Hall–Kier alpha value is -4.86. The van der Waals surface area contributed by atoms with E-state index in [0.717, 1.165) is 16.0 Å². The molecule has 2 fully saturated rings. The van der Waals surface area contributed by atoms with Crippen LogP contribution in [0.15, 0.2) is 77.9 Å². The van der Waals surface area contributed by atoms with Gasteiger partial charge in [-0.15, -0.1) is 0 Å². The van der Waals surface area contributed by atoms with Gasteiger partial charge in [-0.05, 0) is 41.5 Å². The predicted molar refractivity (Wildman–Crippen MR) is 132 cm³/mol. The molecule has 10 heteroatoms. The van der Waals surface area contributed by atoms with Gasteiger partial charge < -0.3 is 4.74 Å². The normalized spacial score (nSPS) is 23.5. The molecule has 37 heavy (non-hydrogen) atoms. The lowest BCUT2D eigenvalue weighted by Crippen LogP contribution is -2.44. The topological polar surface area (TPSA) is 122 Å². The Morgan fingerprint density at radius 1 is 0.973 bits per heavy atom. The summed E-state index contributed by atoms with van der Waals surface area (Å²) in [6.45, 7) is 0. The summed E-state index contributed by atoms with van der Waals surface area (Å²) in [4.78, 5) is 53.3. The van der Waals surface area contributed by atoms with Crippen LogP contribution in [-0.2, 0) is 9.59 Å². The highest BCUT2D eigenvalue weighted by molar-refractivity contribution is 6.24. The van der Waals surface area contributed by atoms with Gasteiger partial charge in [0.2, 0.25) is 11.8 Å². The molecule has 3 aliphatic rings. The number of Topliss-reactive ketones (excluding diaryl/α,β-unsaturated/α-hetero) is 1. The van der Waals surface area contributed by atoms with E-state index >= 15 is 0 Å². The van der Waals surface area contributed by atoms with Crippen LogP contribution in [0.25, 0.3) is 0 Å². The second kappa shape index (κ2) is 8.37. The van der Waals surface area contributed by atoms with Gasteiger partial charge in [-0.2, -0.15) is 5.10 Å². The number of amides is 2. The number of anilines is 1. The first kappa shape index (κ1) is 22.6. The molecular formula is C27H20N4O6. The van der Waals surface area contributed by atoms with Crippen molar-refractivity contribution in [3.8, 4) is 5.75 Å². The molecule has 184 valence electrons. The van der Waals surface area contributed by atoms with Crippen LogP contribution >= 0.6 is 0 Å². The molecule has 6 rings (SSSR count). The molecule has 0 spiro atoms. The second-order valence-corrected chi connectivity index (χ2v) is 9.08. The number of fused-ring (bicyclic) bond motifs is 5. The number of ketones is 1. The van der Waals surface area contributed by atoms with Crippen LogP contribution in [0.5, 0.6) is 5.75 Å². The largest absolute Gasteiger partial charge is 0.497 e. The summed E-state index contributed by atoms with van der Waals surface area (Å²) in [5.74, 6) is -2.77. The van der Waals surface area contributed by atoms with Crippen LogP contribution in [0.2, 0.25) is 0 Å². The van der Waals surface area contributed by atoms with Crippen molar-refractivity contribution < 1.29 is 24.0 Å². The number of nitro groups is 1. The Kier molecular flexibility index (Phi) is 5.11. The fraction of sp³-hybridized carbons (Fsp3) is 0.185. The third-order valence-electron chi connectivity index (χ3n) is 7.24. The smallest absolute Gasteiger partial charge is 0.271 e. The van der Waals surface area contributed by atoms with E-state index in [1.807, 2.05) is 24.3 Å². The Bertz CT molecular complexity index is 1500. The monoisotopic (exact) mass is 496 g/mol. The summed E-state index contributed by atoms with van der Waals surface area (Å²) >= 11 is 0. The van der Waals surface area contributed by atoms with Gasteiger partial charge in [0, 0.05) is 17.7 Å². The Morgan fingerprint density at radius 3 is 2.43 bits per heavy atom. The average Bonchev–Trinajstić information content (AvgIpc) is 3.40. The maximum Gasteiger partial charge on any atom is 0.271 e. The molecule has 0 N–H and O–H groups in total. The molecule has 10 nitrogen and oxygen atoms in total. The van der Waals surface area contributed by atoms with E-state index < -0.39 is 40.7 Å². The maximum absolute atomic E-state index is 13.9. The number of carbonyl (C=O) groups is 3. The molecule has 2 saturated heterocycles. The number of hydrazone groups is 1. The van der Waals surface area contributed by atoms with Crippen molar-refractivity contribution in [2.24, 2.45) is 16.9 Å². The number of carbonyl (C=O) groups excluding carboxylic acids is 3. The minimum absolute atomic E-state index is 0.105. The van der Waals surface area contributed by atoms with Crippen LogP contribution in [0.1, 0.15) is 27.5 Å². The van der Waals surface area contributed by atoms with Crippen LogP contribution < -0.4 is 9.64 Å². The molecule has 3 aromatic carbocycles. The molecular weight excluding hydrogens is 476 g/mol. The number of nitrogens with zero attached hydrogens (tertiary/aromatic N) is 4. The van der Waals surface area contributed by atoms with E-state index in [2.05, 4.69) is 5.10 Å². The number of rotatable bonds is 5. The molecule has 3 heterocycles. The summed E-state index contributed by atoms with van der Waals surface area (Å²) in [6, 6.07) is 17.7. The SMILES string of the molecule is COc1ccc(C(=O)[C@H]2[C@@H]3C(=O)N(c4cccc([N+](=O)[O-])c4)C(=O)[C@@H]3[C@H]3c4ccccc4C=NN32)cc1. The highest BCUT2D eigenvalue weighted by Gasteiger charge is 2.65. The van der Waals surface area contributed by atoms with Crippen molar-refractivity contribution in [3.63, 3.8) is 0 Å². The lowest BCUT2D eigenvalue weighted by Gasteiger charge is -2.33. The molecule has 0 saturated carbocycles. The standard InChI is InChI=1S/C27H20N4O6/c1-37-19-11-9-15(10-12-19)25(32)24-22-21(23-20-8-3-2-5-16(20)14-28-30(23)24)26(33)29(27(22)34)17-6-4-7-18(13-17)31(35)36/h2-14,21-24H,1H3/t21-,22+,23+,24+/m0/s1. The minimum Gasteiger partial charge on any atom is -0.497 e. The Morgan fingerprint density at radius 2 is 1.70 bits per heavy atom. The van der Waals surface area contributed by atoms with E-state index in [9.17, 15) is 24.5 Å². The van der Waals surface area contributed by atoms with Gasteiger partial charge in [0.25, 0.3) is 5.69 Å². The zero-order chi connectivity index (χ0) is 25.8. The number of nitro benzene ring substituents is 1. The van der Waals surface area contributed by atoms with Gasteiger partial charge in [0.1, 0.15) is 11.8 Å². The third kappa shape index (κ3) is 3.33. The van der Waals surface area contributed by atoms with E-state index in [1.54, 1.807) is 35.5 Å². The highest BCUT2D eigenvalue weighted by atomic mass is 16.6. The number of hydrogen-bond donors (Lipinski definition) is 0. The molecule has 0 bridgehead atoms. The number of imide groups is 1. The summed E-state index contributed by atoms with van der Waals surface area (Å²) < 4.78 is 5.19. The lowest BCUT2D eigenvalue weighted by molar-refractivity contribution is -0.384. The quantitative estimate of drug-likeness (QED) is 0.230. The summed E-state index contributed by atoms with van der Waals surface area (Å²) in [7, 11) is 1.52. The van der Waals surface area contributed by atoms with Crippen LogP contribution in [0.3, 0.4) is 0 Å². The van der Waals surface area contributed by atoms with Crippen molar-refractivity contribution in [2.45, 2.75) is 12.1 Å². The van der Waals surface area contributed by atoms with Gasteiger partial charge in [-0.3, -0.25) is 29.5 Å². The summed E-state index contributed by atoms with van der Waals surface area (Å²) in [5.41, 5.74) is 1.81. The first-order chi connectivity index (χ1) is 17.9.